The fourth-order valence-electron chi connectivity index (χ4n) is 2.50. The summed E-state index contributed by atoms with van der Waals surface area (Å²) in [7, 11) is 0. The summed E-state index contributed by atoms with van der Waals surface area (Å²) in [6, 6.07) is 20.6. The molecule has 0 aliphatic carbocycles. The molecule has 1 unspecified atom stereocenters. The minimum atomic E-state index is -0.151. The Balaban J connectivity index is 1.68. The number of carbonyl (C=O) groups is 1. The number of aromatic nitrogens is 1. The van der Waals surface area contributed by atoms with Crippen LogP contribution < -0.4 is 5.32 Å². The first-order valence-corrected chi connectivity index (χ1v) is 7.72. The molecular formula is C20H17N3O. The molecule has 2 aromatic carbocycles. The first kappa shape index (κ1) is 15.6. The highest BCUT2D eigenvalue weighted by atomic mass is 16.1. The molecule has 1 heterocycles. The second-order valence-electron chi connectivity index (χ2n) is 5.57. The number of nitriles is 1. The SMILES string of the molecule is CC(NC(=O)c1ccc(C#N)cc1)c1ccc(-n2cccc2)cc1. The third kappa shape index (κ3) is 3.36. The van der Waals surface area contributed by atoms with Crippen LogP contribution in [0, 0.1) is 11.3 Å². The molecule has 1 atom stereocenters. The Morgan fingerprint density at radius 1 is 1.04 bits per heavy atom. The molecule has 0 saturated heterocycles. The van der Waals surface area contributed by atoms with Crippen LogP contribution in [0.1, 0.15) is 34.5 Å². The molecule has 24 heavy (non-hydrogen) atoms. The summed E-state index contributed by atoms with van der Waals surface area (Å²) in [6.07, 6.45) is 3.98. The van der Waals surface area contributed by atoms with Crippen molar-refractivity contribution in [2.24, 2.45) is 0 Å². The van der Waals surface area contributed by atoms with E-state index in [2.05, 4.69) is 5.32 Å². The highest BCUT2D eigenvalue weighted by Gasteiger charge is 2.11. The maximum absolute atomic E-state index is 12.3. The number of nitrogens with zero attached hydrogens (tertiary/aromatic N) is 2. The molecule has 0 bridgehead atoms. The van der Waals surface area contributed by atoms with Gasteiger partial charge in [0.15, 0.2) is 0 Å². The van der Waals surface area contributed by atoms with Gasteiger partial charge in [0.25, 0.3) is 5.91 Å². The van der Waals surface area contributed by atoms with Crippen molar-refractivity contribution in [1.29, 1.82) is 5.26 Å². The van der Waals surface area contributed by atoms with Crippen molar-refractivity contribution in [2.75, 3.05) is 0 Å². The van der Waals surface area contributed by atoms with Crippen molar-refractivity contribution >= 4 is 5.91 Å². The Kier molecular flexibility index (Phi) is 4.44. The molecule has 0 radical (unpaired) electrons. The molecule has 0 aliphatic heterocycles. The lowest BCUT2D eigenvalue weighted by Gasteiger charge is -2.15. The van der Waals surface area contributed by atoms with Gasteiger partial charge in [0.05, 0.1) is 17.7 Å². The molecule has 3 aromatic rings. The van der Waals surface area contributed by atoms with E-state index in [1.807, 2.05) is 66.4 Å². The molecule has 0 aliphatic rings. The monoisotopic (exact) mass is 315 g/mol. The average molecular weight is 315 g/mol. The zero-order valence-electron chi connectivity index (χ0n) is 13.3. The zero-order valence-corrected chi connectivity index (χ0v) is 13.3. The maximum Gasteiger partial charge on any atom is 0.251 e. The number of nitrogens with one attached hydrogen (secondary N) is 1. The summed E-state index contributed by atoms with van der Waals surface area (Å²) in [4.78, 5) is 12.3. The Hall–Kier alpha value is -3.32. The standard InChI is InChI=1S/C20H17N3O/c1-15(22-20(24)18-6-4-16(14-21)5-7-18)17-8-10-19(11-9-17)23-12-2-3-13-23/h2-13,15H,1H3,(H,22,24). The van der Waals surface area contributed by atoms with E-state index in [1.165, 1.54) is 0 Å². The van der Waals surface area contributed by atoms with Crippen molar-refractivity contribution in [2.45, 2.75) is 13.0 Å². The van der Waals surface area contributed by atoms with E-state index in [9.17, 15) is 4.79 Å². The van der Waals surface area contributed by atoms with E-state index in [0.29, 0.717) is 11.1 Å². The summed E-state index contributed by atoms with van der Waals surface area (Å²) >= 11 is 0. The lowest BCUT2D eigenvalue weighted by Crippen LogP contribution is -2.26. The first-order valence-electron chi connectivity index (χ1n) is 7.72. The molecule has 118 valence electrons. The van der Waals surface area contributed by atoms with Crippen LogP contribution in [-0.4, -0.2) is 10.5 Å². The smallest absolute Gasteiger partial charge is 0.251 e. The minimum absolute atomic E-state index is 0.105. The normalized spacial score (nSPS) is 11.5. The topological polar surface area (TPSA) is 57.8 Å². The molecule has 4 heteroatoms. The third-order valence-electron chi connectivity index (χ3n) is 3.92. The Morgan fingerprint density at radius 2 is 1.67 bits per heavy atom. The number of hydrogen-bond acceptors (Lipinski definition) is 2. The Bertz CT molecular complexity index is 857. The molecule has 0 saturated carbocycles. The van der Waals surface area contributed by atoms with Crippen molar-refractivity contribution in [3.63, 3.8) is 0 Å². The maximum atomic E-state index is 12.3. The van der Waals surface area contributed by atoms with Crippen LogP contribution in [0.25, 0.3) is 5.69 Å². The summed E-state index contributed by atoms with van der Waals surface area (Å²) in [5.74, 6) is -0.151. The quantitative estimate of drug-likeness (QED) is 0.795. The summed E-state index contributed by atoms with van der Waals surface area (Å²) in [6.45, 7) is 1.95. The van der Waals surface area contributed by atoms with Crippen molar-refractivity contribution in [3.8, 4) is 11.8 Å². The second-order valence-corrected chi connectivity index (χ2v) is 5.57. The van der Waals surface area contributed by atoms with E-state index < -0.39 is 0 Å². The fourth-order valence-corrected chi connectivity index (χ4v) is 2.50. The van der Waals surface area contributed by atoms with Crippen LogP contribution >= 0.6 is 0 Å². The van der Waals surface area contributed by atoms with Gasteiger partial charge in [-0.3, -0.25) is 4.79 Å². The summed E-state index contributed by atoms with van der Waals surface area (Å²) in [5.41, 5.74) is 3.20. The first-order chi connectivity index (χ1) is 11.7. The van der Waals surface area contributed by atoms with Gasteiger partial charge in [0.2, 0.25) is 0 Å². The fraction of sp³-hybridized carbons (Fsp3) is 0.100. The lowest BCUT2D eigenvalue weighted by atomic mass is 10.1. The predicted molar refractivity (Wildman–Crippen MR) is 92.8 cm³/mol. The van der Waals surface area contributed by atoms with Crippen molar-refractivity contribution in [3.05, 3.63) is 89.7 Å². The van der Waals surface area contributed by atoms with Gasteiger partial charge in [-0.15, -0.1) is 0 Å². The molecule has 1 aromatic heterocycles. The number of hydrogen-bond donors (Lipinski definition) is 1. The molecule has 0 fully saturated rings. The van der Waals surface area contributed by atoms with E-state index in [4.69, 9.17) is 5.26 Å². The van der Waals surface area contributed by atoms with Crippen LogP contribution in [-0.2, 0) is 0 Å². The highest BCUT2D eigenvalue weighted by Crippen LogP contribution is 2.16. The van der Waals surface area contributed by atoms with Crippen LogP contribution in [0.4, 0.5) is 0 Å². The van der Waals surface area contributed by atoms with Gasteiger partial charge in [-0.2, -0.15) is 5.26 Å². The van der Waals surface area contributed by atoms with E-state index in [0.717, 1.165) is 11.3 Å². The average Bonchev–Trinajstić information content (AvgIpc) is 3.16. The molecule has 4 nitrogen and oxygen atoms in total. The van der Waals surface area contributed by atoms with Crippen LogP contribution in [0.15, 0.2) is 73.1 Å². The largest absolute Gasteiger partial charge is 0.346 e. The number of carbonyl (C=O) groups excluding carboxylic acids is 1. The zero-order chi connectivity index (χ0) is 16.9. The Labute approximate surface area is 141 Å². The van der Waals surface area contributed by atoms with Gasteiger partial charge in [0, 0.05) is 23.6 Å². The summed E-state index contributed by atoms with van der Waals surface area (Å²) in [5, 5.41) is 11.8. The predicted octanol–water partition coefficient (Wildman–Crippen LogP) is 3.84. The molecule has 3 rings (SSSR count). The van der Waals surface area contributed by atoms with Gasteiger partial charge in [-0.1, -0.05) is 12.1 Å². The molecule has 1 amide bonds. The number of amides is 1. The summed E-state index contributed by atoms with van der Waals surface area (Å²) < 4.78 is 2.03. The molecule has 0 spiro atoms. The van der Waals surface area contributed by atoms with Crippen molar-refractivity contribution < 1.29 is 4.79 Å². The van der Waals surface area contributed by atoms with Gasteiger partial charge >= 0.3 is 0 Å². The van der Waals surface area contributed by atoms with Gasteiger partial charge in [-0.05, 0) is 61.0 Å². The highest BCUT2D eigenvalue weighted by molar-refractivity contribution is 5.94. The third-order valence-corrected chi connectivity index (χ3v) is 3.92. The number of rotatable bonds is 4. The van der Waals surface area contributed by atoms with Crippen LogP contribution in [0.5, 0.6) is 0 Å². The second kappa shape index (κ2) is 6.84. The van der Waals surface area contributed by atoms with Gasteiger partial charge in [-0.25, -0.2) is 0 Å². The Morgan fingerprint density at radius 3 is 2.25 bits per heavy atom. The van der Waals surface area contributed by atoms with E-state index >= 15 is 0 Å². The van der Waals surface area contributed by atoms with Crippen LogP contribution in [0.2, 0.25) is 0 Å². The van der Waals surface area contributed by atoms with Crippen LogP contribution in [0.3, 0.4) is 0 Å². The molecular weight excluding hydrogens is 298 g/mol. The van der Waals surface area contributed by atoms with E-state index in [-0.39, 0.29) is 11.9 Å². The van der Waals surface area contributed by atoms with Gasteiger partial charge < -0.3 is 9.88 Å². The van der Waals surface area contributed by atoms with Crippen molar-refractivity contribution in [1.82, 2.24) is 9.88 Å². The number of benzene rings is 2. The molecule has 1 N–H and O–H groups in total. The van der Waals surface area contributed by atoms with Gasteiger partial charge in [0.1, 0.15) is 0 Å². The minimum Gasteiger partial charge on any atom is -0.346 e. The van der Waals surface area contributed by atoms with E-state index in [1.54, 1.807) is 24.3 Å². The lowest BCUT2D eigenvalue weighted by molar-refractivity contribution is 0.0940.